The summed E-state index contributed by atoms with van der Waals surface area (Å²) in [6.07, 6.45) is 6.31. The topological polar surface area (TPSA) is 39.1 Å². The molecule has 3 rings (SSSR count). The second-order valence-corrected chi connectivity index (χ2v) is 5.63. The Morgan fingerprint density at radius 1 is 1.35 bits per heavy atom. The first-order valence-corrected chi connectivity index (χ1v) is 7.59. The van der Waals surface area contributed by atoms with E-state index in [1.165, 1.54) is 18.4 Å². The number of fused-ring (bicyclic) bond motifs is 1. The van der Waals surface area contributed by atoms with E-state index in [4.69, 9.17) is 4.74 Å². The lowest BCUT2D eigenvalue weighted by Crippen LogP contribution is -2.28. The second kappa shape index (κ2) is 6.37. The SMILES string of the molecule is CC1CCC(CNCCCn2cnc3ccccc32)O1. The van der Waals surface area contributed by atoms with Crippen molar-refractivity contribution < 1.29 is 4.74 Å². The van der Waals surface area contributed by atoms with Gasteiger partial charge < -0.3 is 14.6 Å². The minimum Gasteiger partial charge on any atom is -0.374 e. The molecule has 1 aromatic carbocycles. The first-order chi connectivity index (χ1) is 9.83. The molecule has 0 aliphatic carbocycles. The van der Waals surface area contributed by atoms with Gasteiger partial charge in [-0.25, -0.2) is 4.98 Å². The Morgan fingerprint density at radius 3 is 3.10 bits per heavy atom. The maximum atomic E-state index is 5.79. The number of aryl methyl sites for hydroxylation is 1. The van der Waals surface area contributed by atoms with Crippen molar-refractivity contribution >= 4 is 11.0 Å². The van der Waals surface area contributed by atoms with Gasteiger partial charge in [0.1, 0.15) is 0 Å². The van der Waals surface area contributed by atoms with Crippen LogP contribution in [0.4, 0.5) is 0 Å². The molecule has 0 saturated carbocycles. The summed E-state index contributed by atoms with van der Waals surface area (Å²) < 4.78 is 8.02. The number of aromatic nitrogens is 2. The summed E-state index contributed by atoms with van der Waals surface area (Å²) in [6.45, 7) is 5.18. The predicted molar refractivity (Wildman–Crippen MR) is 80.8 cm³/mol. The van der Waals surface area contributed by atoms with Gasteiger partial charge in [-0.15, -0.1) is 0 Å². The number of nitrogens with one attached hydrogen (secondary N) is 1. The minimum atomic E-state index is 0.416. The average Bonchev–Trinajstić information content (AvgIpc) is 3.05. The standard InChI is InChI=1S/C16H23N3O/c1-13-7-8-14(20-13)11-17-9-4-10-19-12-18-15-5-2-3-6-16(15)19/h2-3,5-6,12-14,17H,4,7-11H2,1H3. The molecule has 108 valence electrons. The van der Waals surface area contributed by atoms with Crippen LogP contribution in [-0.4, -0.2) is 34.8 Å². The lowest BCUT2D eigenvalue weighted by atomic mass is 10.2. The Kier molecular flexibility index (Phi) is 4.33. The van der Waals surface area contributed by atoms with E-state index in [0.717, 1.165) is 31.6 Å². The summed E-state index contributed by atoms with van der Waals surface area (Å²) >= 11 is 0. The Hall–Kier alpha value is -1.39. The van der Waals surface area contributed by atoms with Crippen LogP contribution in [-0.2, 0) is 11.3 Å². The van der Waals surface area contributed by atoms with Crippen LogP contribution in [0.25, 0.3) is 11.0 Å². The van der Waals surface area contributed by atoms with E-state index in [-0.39, 0.29) is 0 Å². The maximum absolute atomic E-state index is 5.79. The van der Waals surface area contributed by atoms with Crippen LogP contribution in [0, 0.1) is 0 Å². The Morgan fingerprint density at radius 2 is 2.25 bits per heavy atom. The third kappa shape index (κ3) is 3.19. The summed E-state index contributed by atoms with van der Waals surface area (Å²) in [5, 5.41) is 3.50. The number of hydrogen-bond donors (Lipinski definition) is 1. The molecule has 4 heteroatoms. The van der Waals surface area contributed by atoms with E-state index < -0.39 is 0 Å². The van der Waals surface area contributed by atoms with Crippen molar-refractivity contribution in [2.24, 2.45) is 0 Å². The average molecular weight is 273 g/mol. The Labute approximate surface area is 120 Å². The Bertz CT molecular complexity index is 551. The summed E-state index contributed by atoms with van der Waals surface area (Å²) in [6, 6.07) is 8.29. The fourth-order valence-corrected chi connectivity index (χ4v) is 2.86. The van der Waals surface area contributed by atoms with Crippen molar-refractivity contribution in [3.8, 4) is 0 Å². The highest BCUT2D eigenvalue weighted by Crippen LogP contribution is 2.18. The summed E-state index contributed by atoms with van der Waals surface area (Å²) in [4.78, 5) is 4.41. The zero-order chi connectivity index (χ0) is 13.8. The van der Waals surface area contributed by atoms with Crippen LogP contribution in [0.3, 0.4) is 0 Å². The van der Waals surface area contributed by atoms with Gasteiger partial charge in [0.2, 0.25) is 0 Å². The van der Waals surface area contributed by atoms with Gasteiger partial charge in [-0.05, 0) is 44.9 Å². The van der Waals surface area contributed by atoms with Crippen LogP contribution in [0.2, 0.25) is 0 Å². The molecular weight excluding hydrogens is 250 g/mol. The maximum Gasteiger partial charge on any atom is 0.0958 e. The van der Waals surface area contributed by atoms with Crippen LogP contribution in [0.15, 0.2) is 30.6 Å². The van der Waals surface area contributed by atoms with Gasteiger partial charge in [0.25, 0.3) is 0 Å². The molecule has 0 bridgehead atoms. The van der Waals surface area contributed by atoms with E-state index in [9.17, 15) is 0 Å². The van der Waals surface area contributed by atoms with Gasteiger partial charge >= 0.3 is 0 Å². The highest BCUT2D eigenvalue weighted by molar-refractivity contribution is 5.74. The summed E-state index contributed by atoms with van der Waals surface area (Å²) in [5.74, 6) is 0. The number of imidazole rings is 1. The van der Waals surface area contributed by atoms with Crippen molar-refractivity contribution in [3.05, 3.63) is 30.6 Å². The molecule has 1 saturated heterocycles. The lowest BCUT2D eigenvalue weighted by Gasteiger charge is -2.12. The van der Waals surface area contributed by atoms with E-state index >= 15 is 0 Å². The molecule has 4 nitrogen and oxygen atoms in total. The quantitative estimate of drug-likeness (QED) is 0.822. The zero-order valence-electron chi connectivity index (χ0n) is 12.1. The molecule has 20 heavy (non-hydrogen) atoms. The number of hydrogen-bond acceptors (Lipinski definition) is 3. The summed E-state index contributed by atoms with van der Waals surface area (Å²) in [7, 11) is 0. The highest BCUT2D eigenvalue weighted by atomic mass is 16.5. The van der Waals surface area contributed by atoms with Crippen LogP contribution in [0.1, 0.15) is 26.2 Å². The minimum absolute atomic E-state index is 0.416. The summed E-state index contributed by atoms with van der Waals surface area (Å²) in [5.41, 5.74) is 2.30. The van der Waals surface area contributed by atoms with Gasteiger partial charge in [-0.3, -0.25) is 0 Å². The van der Waals surface area contributed by atoms with E-state index in [2.05, 4.69) is 40.0 Å². The molecule has 2 atom stereocenters. The van der Waals surface area contributed by atoms with Crippen molar-refractivity contribution in [2.45, 2.75) is 44.9 Å². The van der Waals surface area contributed by atoms with Crippen LogP contribution >= 0.6 is 0 Å². The molecule has 1 aliphatic rings. The Balaban J connectivity index is 1.39. The largest absolute Gasteiger partial charge is 0.374 e. The molecule has 0 spiro atoms. The molecule has 1 aliphatic heterocycles. The molecule has 0 amide bonds. The number of para-hydroxylation sites is 2. The first-order valence-electron chi connectivity index (χ1n) is 7.59. The molecule has 2 heterocycles. The van der Waals surface area contributed by atoms with Crippen molar-refractivity contribution in [2.75, 3.05) is 13.1 Å². The van der Waals surface area contributed by atoms with Gasteiger partial charge in [0.05, 0.1) is 29.6 Å². The smallest absolute Gasteiger partial charge is 0.0958 e. The molecule has 2 unspecified atom stereocenters. The van der Waals surface area contributed by atoms with Gasteiger partial charge in [-0.2, -0.15) is 0 Å². The van der Waals surface area contributed by atoms with Crippen molar-refractivity contribution in [3.63, 3.8) is 0 Å². The van der Waals surface area contributed by atoms with Gasteiger partial charge in [0, 0.05) is 13.1 Å². The highest BCUT2D eigenvalue weighted by Gasteiger charge is 2.20. The molecule has 1 N–H and O–H groups in total. The van der Waals surface area contributed by atoms with E-state index in [1.54, 1.807) is 0 Å². The molecule has 1 aromatic heterocycles. The third-order valence-corrected chi connectivity index (χ3v) is 3.97. The monoisotopic (exact) mass is 273 g/mol. The molecule has 2 aromatic rings. The second-order valence-electron chi connectivity index (χ2n) is 5.63. The third-order valence-electron chi connectivity index (χ3n) is 3.97. The van der Waals surface area contributed by atoms with Gasteiger partial charge in [-0.1, -0.05) is 12.1 Å². The fourth-order valence-electron chi connectivity index (χ4n) is 2.86. The molecule has 1 fully saturated rings. The van der Waals surface area contributed by atoms with Crippen LogP contribution < -0.4 is 5.32 Å². The number of nitrogens with zero attached hydrogens (tertiary/aromatic N) is 2. The zero-order valence-corrected chi connectivity index (χ0v) is 12.1. The molecular formula is C16H23N3O. The normalized spacial score (nSPS) is 22.6. The van der Waals surface area contributed by atoms with E-state index in [1.807, 2.05) is 12.4 Å². The van der Waals surface area contributed by atoms with Crippen molar-refractivity contribution in [1.82, 2.24) is 14.9 Å². The van der Waals surface area contributed by atoms with Gasteiger partial charge in [0.15, 0.2) is 0 Å². The fraction of sp³-hybridized carbons (Fsp3) is 0.562. The van der Waals surface area contributed by atoms with E-state index in [0.29, 0.717) is 12.2 Å². The first kappa shape index (κ1) is 13.6. The predicted octanol–water partition coefficient (Wildman–Crippen LogP) is 2.58. The lowest BCUT2D eigenvalue weighted by molar-refractivity contribution is 0.0561. The number of ether oxygens (including phenoxy) is 1. The van der Waals surface area contributed by atoms with Crippen molar-refractivity contribution in [1.29, 1.82) is 0 Å². The molecule has 0 radical (unpaired) electrons. The van der Waals surface area contributed by atoms with Crippen LogP contribution in [0.5, 0.6) is 0 Å². The number of benzene rings is 1. The number of rotatable bonds is 6.